The third-order valence-corrected chi connectivity index (χ3v) is 6.43. The highest BCUT2D eigenvalue weighted by atomic mass is 32.2. The van der Waals surface area contributed by atoms with Crippen LogP contribution in [0.5, 0.6) is 0 Å². The Morgan fingerprint density at radius 1 is 1.25 bits per heavy atom. The molecule has 6 heteroatoms. The first kappa shape index (κ1) is 15.4. The van der Waals surface area contributed by atoms with E-state index < -0.39 is 26.7 Å². The molecule has 0 amide bonds. The summed E-state index contributed by atoms with van der Waals surface area (Å²) in [6, 6.07) is 1.41. The normalized spacial score (nSPS) is 28.1. The van der Waals surface area contributed by atoms with Gasteiger partial charge in [-0.15, -0.1) is 0 Å². The van der Waals surface area contributed by atoms with E-state index in [-0.39, 0.29) is 22.4 Å². The number of sulfone groups is 1. The van der Waals surface area contributed by atoms with Crippen LogP contribution in [0, 0.1) is 17.6 Å². The first-order valence-electron chi connectivity index (χ1n) is 6.77. The van der Waals surface area contributed by atoms with Crippen molar-refractivity contribution >= 4 is 9.84 Å². The highest BCUT2D eigenvalue weighted by molar-refractivity contribution is 7.92. The molecule has 1 aromatic carbocycles. The Balaban J connectivity index is 2.65. The topological polar surface area (TPSA) is 46.2 Å². The Kier molecular flexibility index (Phi) is 4.16. The van der Waals surface area contributed by atoms with Crippen LogP contribution in [-0.4, -0.2) is 20.2 Å². The molecule has 0 bridgehead atoms. The summed E-state index contributed by atoms with van der Waals surface area (Å²) >= 11 is 0. The molecule has 20 heavy (non-hydrogen) atoms. The van der Waals surface area contributed by atoms with Gasteiger partial charge in [0, 0.05) is 12.1 Å². The lowest BCUT2D eigenvalue weighted by Gasteiger charge is -2.36. The fraction of sp³-hybridized carbons (Fsp3) is 0.571. The molecule has 0 aliphatic carbocycles. The molecule has 0 saturated heterocycles. The second-order valence-electron chi connectivity index (χ2n) is 5.35. The van der Waals surface area contributed by atoms with E-state index in [1.165, 1.54) is 0 Å². The zero-order chi connectivity index (χ0) is 15.1. The van der Waals surface area contributed by atoms with Crippen molar-refractivity contribution in [2.45, 2.75) is 43.4 Å². The van der Waals surface area contributed by atoms with Crippen LogP contribution in [0.1, 0.15) is 38.8 Å². The number of fused-ring (bicyclic) bond motifs is 1. The van der Waals surface area contributed by atoms with E-state index in [2.05, 4.69) is 5.32 Å². The maximum atomic E-state index is 14.0. The Morgan fingerprint density at radius 3 is 2.50 bits per heavy atom. The summed E-state index contributed by atoms with van der Waals surface area (Å²) in [5.74, 6) is -2.00. The molecule has 1 N–H and O–H groups in total. The van der Waals surface area contributed by atoms with Gasteiger partial charge in [0.25, 0.3) is 0 Å². The van der Waals surface area contributed by atoms with Crippen molar-refractivity contribution in [3.63, 3.8) is 0 Å². The molecular formula is C14H19F2NO2S. The van der Waals surface area contributed by atoms with Crippen LogP contribution in [0.2, 0.25) is 0 Å². The number of nitrogens with one attached hydrogen (secondary N) is 1. The number of hydrogen-bond donors (Lipinski definition) is 1. The summed E-state index contributed by atoms with van der Waals surface area (Å²) in [5, 5.41) is 2.50. The molecule has 2 rings (SSSR count). The van der Waals surface area contributed by atoms with E-state index in [0.29, 0.717) is 12.6 Å². The van der Waals surface area contributed by atoms with Gasteiger partial charge in [-0.05, 0) is 37.4 Å². The smallest absolute Gasteiger partial charge is 0.184 e. The molecule has 3 nitrogen and oxygen atoms in total. The molecule has 0 saturated carbocycles. The molecule has 0 spiro atoms. The van der Waals surface area contributed by atoms with Gasteiger partial charge in [-0.2, -0.15) is 0 Å². The molecule has 1 aromatic rings. The van der Waals surface area contributed by atoms with Crippen LogP contribution in [0.3, 0.4) is 0 Å². The summed E-state index contributed by atoms with van der Waals surface area (Å²) in [5.41, 5.74) is 0.210. The van der Waals surface area contributed by atoms with Gasteiger partial charge < -0.3 is 5.32 Å². The van der Waals surface area contributed by atoms with Crippen molar-refractivity contribution in [2.75, 3.05) is 6.54 Å². The fourth-order valence-corrected chi connectivity index (χ4v) is 4.67. The lowest BCUT2D eigenvalue weighted by molar-refractivity contribution is 0.351. The predicted octanol–water partition coefficient (Wildman–Crippen LogP) is 2.82. The SMILES string of the molecule is CCCNC1c2cc(F)cc(F)c2S(=O)(=O)C(C)C1C. The molecular weight excluding hydrogens is 284 g/mol. The third kappa shape index (κ3) is 2.35. The molecule has 3 atom stereocenters. The lowest BCUT2D eigenvalue weighted by Crippen LogP contribution is -2.42. The van der Waals surface area contributed by atoms with Crippen molar-refractivity contribution in [2.24, 2.45) is 5.92 Å². The van der Waals surface area contributed by atoms with Crippen LogP contribution >= 0.6 is 0 Å². The van der Waals surface area contributed by atoms with Crippen LogP contribution < -0.4 is 5.32 Å². The van der Waals surface area contributed by atoms with E-state index in [0.717, 1.165) is 12.5 Å². The van der Waals surface area contributed by atoms with Crippen molar-refractivity contribution in [3.8, 4) is 0 Å². The van der Waals surface area contributed by atoms with Crippen LogP contribution in [0.4, 0.5) is 8.78 Å². The first-order valence-corrected chi connectivity index (χ1v) is 8.31. The zero-order valence-corrected chi connectivity index (χ0v) is 12.6. The quantitative estimate of drug-likeness (QED) is 0.873. The van der Waals surface area contributed by atoms with Crippen molar-refractivity contribution in [3.05, 3.63) is 29.3 Å². The molecule has 1 aliphatic heterocycles. The van der Waals surface area contributed by atoms with E-state index in [1.807, 2.05) is 6.92 Å². The molecule has 0 radical (unpaired) electrons. The van der Waals surface area contributed by atoms with Gasteiger partial charge in [0.2, 0.25) is 0 Å². The standard InChI is InChI=1S/C14H19F2NO2S/c1-4-5-17-13-8(2)9(3)20(18,19)14-11(13)6-10(15)7-12(14)16/h6-9,13,17H,4-5H2,1-3H3. The highest BCUT2D eigenvalue weighted by Gasteiger charge is 2.43. The van der Waals surface area contributed by atoms with Crippen molar-refractivity contribution in [1.29, 1.82) is 0 Å². The van der Waals surface area contributed by atoms with Gasteiger partial charge in [-0.25, -0.2) is 17.2 Å². The average molecular weight is 303 g/mol. The molecule has 1 heterocycles. The minimum absolute atomic E-state index is 0.210. The van der Waals surface area contributed by atoms with Crippen LogP contribution in [0.25, 0.3) is 0 Å². The van der Waals surface area contributed by atoms with E-state index >= 15 is 0 Å². The Hall–Kier alpha value is -1.01. The minimum atomic E-state index is -3.76. The van der Waals surface area contributed by atoms with Gasteiger partial charge in [0.1, 0.15) is 16.5 Å². The average Bonchev–Trinajstić information content (AvgIpc) is 2.35. The summed E-state index contributed by atoms with van der Waals surface area (Å²) in [6.45, 7) is 6.01. The minimum Gasteiger partial charge on any atom is -0.310 e. The lowest BCUT2D eigenvalue weighted by atomic mass is 9.91. The molecule has 1 aliphatic rings. The van der Waals surface area contributed by atoms with Gasteiger partial charge in [0.15, 0.2) is 9.84 Å². The Morgan fingerprint density at radius 2 is 1.90 bits per heavy atom. The molecule has 0 fully saturated rings. The molecule has 0 aromatic heterocycles. The number of halogens is 2. The number of rotatable bonds is 3. The Bertz CT molecular complexity index is 616. The predicted molar refractivity (Wildman–Crippen MR) is 73.2 cm³/mol. The van der Waals surface area contributed by atoms with E-state index in [4.69, 9.17) is 0 Å². The van der Waals surface area contributed by atoms with Crippen LogP contribution in [0.15, 0.2) is 17.0 Å². The second-order valence-corrected chi connectivity index (χ2v) is 7.59. The van der Waals surface area contributed by atoms with Crippen molar-refractivity contribution in [1.82, 2.24) is 5.32 Å². The molecule has 112 valence electrons. The summed E-state index contributed by atoms with van der Waals surface area (Å²) < 4.78 is 52.2. The van der Waals surface area contributed by atoms with Gasteiger partial charge in [0.05, 0.1) is 5.25 Å². The Labute approximate surface area is 118 Å². The maximum Gasteiger partial charge on any atom is 0.184 e. The van der Waals surface area contributed by atoms with E-state index in [1.54, 1.807) is 13.8 Å². The first-order chi connectivity index (χ1) is 9.30. The summed E-state index contributed by atoms with van der Waals surface area (Å²) in [6.07, 6.45) is 0.859. The number of hydrogen-bond acceptors (Lipinski definition) is 3. The monoisotopic (exact) mass is 303 g/mol. The fourth-order valence-electron chi connectivity index (χ4n) is 2.73. The number of benzene rings is 1. The zero-order valence-electron chi connectivity index (χ0n) is 11.8. The van der Waals surface area contributed by atoms with Gasteiger partial charge in [-0.3, -0.25) is 0 Å². The maximum absolute atomic E-state index is 14.0. The van der Waals surface area contributed by atoms with Gasteiger partial charge >= 0.3 is 0 Å². The van der Waals surface area contributed by atoms with E-state index in [9.17, 15) is 17.2 Å². The van der Waals surface area contributed by atoms with Gasteiger partial charge in [-0.1, -0.05) is 13.8 Å². The second kappa shape index (κ2) is 5.41. The van der Waals surface area contributed by atoms with Crippen LogP contribution in [-0.2, 0) is 9.84 Å². The third-order valence-electron chi connectivity index (χ3n) is 4.03. The largest absolute Gasteiger partial charge is 0.310 e. The molecule has 3 unspecified atom stereocenters. The van der Waals surface area contributed by atoms with Crippen molar-refractivity contribution < 1.29 is 17.2 Å². The summed E-state index contributed by atoms with van der Waals surface area (Å²) in [7, 11) is -3.76. The summed E-state index contributed by atoms with van der Waals surface area (Å²) in [4.78, 5) is -0.349. The highest BCUT2D eigenvalue weighted by Crippen LogP contribution is 2.41.